The normalized spacial score (nSPS) is 19.5. The Kier molecular flexibility index (Phi) is 3.28. The minimum absolute atomic E-state index is 0.0366. The van der Waals surface area contributed by atoms with Gasteiger partial charge in [0.1, 0.15) is 0 Å². The second-order valence-corrected chi connectivity index (χ2v) is 4.95. The first-order valence-electron chi connectivity index (χ1n) is 6.27. The van der Waals surface area contributed by atoms with Gasteiger partial charge >= 0.3 is 0 Å². The van der Waals surface area contributed by atoms with Gasteiger partial charge in [-0.3, -0.25) is 0 Å². The number of hydrogen-bond acceptors (Lipinski definition) is 4. The molecule has 1 aromatic heterocycles. The summed E-state index contributed by atoms with van der Waals surface area (Å²) in [6.07, 6.45) is 5.54. The topological polar surface area (TPSA) is 51.0 Å². The highest BCUT2D eigenvalue weighted by molar-refractivity contribution is 5.08. The molecule has 1 aliphatic rings. The van der Waals surface area contributed by atoms with Gasteiger partial charge in [-0.2, -0.15) is 4.98 Å². The first-order chi connectivity index (χ1) is 7.66. The molecule has 0 unspecified atom stereocenters. The maximum Gasteiger partial charge on any atom is 0.226 e. The average molecular weight is 223 g/mol. The summed E-state index contributed by atoms with van der Waals surface area (Å²) in [5.41, 5.74) is -0.0366. The molecule has 2 rings (SSSR count). The monoisotopic (exact) mass is 223 g/mol. The lowest BCUT2D eigenvalue weighted by Crippen LogP contribution is -2.44. The van der Waals surface area contributed by atoms with Gasteiger partial charge in [-0.1, -0.05) is 24.9 Å². The fourth-order valence-corrected chi connectivity index (χ4v) is 2.56. The fourth-order valence-electron chi connectivity index (χ4n) is 2.56. The van der Waals surface area contributed by atoms with Crippen LogP contribution in [-0.4, -0.2) is 16.2 Å². The molecule has 1 heterocycles. The van der Waals surface area contributed by atoms with Gasteiger partial charge in [-0.15, -0.1) is 0 Å². The second-order valence-electron chi connectivity index (χ2n) is 4.95. The van der Waals surface area contributed by atoms with Gasteiger partial charge < -0.3 is 9.84 Å². The molecule has 1 saturated carbocycles. The Morgan fingerprint density at radius 3 is 2.56 bits per heavy atom. The van der Waals surface area contributed by atoms with Gasteiger partial charge in [0, 0.05) is 12.5 Å². The van der Waals surface area contributed by atoms with E-state index in [2.05, 4.69) is 29.3 Å². The molecule has 0 atom stereocenters. The van der Waals surface area contributed by atoms with Crippen molar-refractivity contribution in [3.63, 3.8) is 0 Å². The van der Waals surface area contributed by atoms with E-state index in [1.807, 2.05) is 6.92 Å². The van der Waals surface area contributed by atoms with Crippen LogP contribution in [0, 0.1) is 0 Å². The zero-order valence-corrected chi connectivity index (χ0v) is 10.4. The molecule has 0 radical (unpaired) electrons. The molecule has 0 aromatic carbocycles. The minimum Gasteiger partial charge on any atom is -0.339 e. The van der Waals surface area contributed by atoms with E-state index in [0.29, 0.717) is 6.04 Å². The van der Waals surface area contributed by atoms with E-state index in [0.717, 1.165) is 31.0 Å². The van der Waals surface area contributed by atoms with Crippen LogP contribution in [0.1, 0.15) is 58.2 Å². The predicted molar refractivity (Wildman–Crippen MR) is 62.1 cm³/mol. The lowest BCUT2D eigenvalue weighted by molar-refractivity contribution is 0.279. The number of aryl methyl sites for hydroxylation is 1. The lowest BCUT2D eigenvalue weighted by atomic mass is 9.95. The third kappa shape index (κ3) is 2.12. The summed E-state index contributed by atoms with van der Waals surface area (Å²) in [5.74, 6) is 1.60. The molecule has 16 heavy (non-hydrogen) atoms. The second kappa shape index (κ2) is 4.53. The molecular formula is C12H21N3O. The third-order valence-electron chi connectivity index (χ3n) is 3.22. The molecule has 4 heteroatoms. The van der Waals surface area contributed by atoms with Crippen molar-refractivity contribution >= 4 is 0 Å². The van der Waals surface area contributed by atoms with Crippen LogP contribution in [0.15, 0.2) is 4.52 Å². The molecule has 1 fully saturated rings. The summed E-state index contributed by atoms with van der Waals surface area (Å²) in [6, 6.07) is 0.446. The average Bonchev–Trinajstić information content (AvgIpc) is 2.84. The Bertz CT molecular complexity index is 340. The highest BCUT2D eigenvalue weighted by Crippen LogP contribution is 2.37. The van der Waals surface area contributed by atoms with Gasteiger partial charge in [0.2, 0.25) is 5.89 Å². The maximum absolute atomic E-state index is 5.23. The number of nitrogens with one attached hydrogen (secondary N) is 1. The van der Waals surface area contributed by atoms with Gasteiger partial charge in [0.25, 0.3) is 0 Å². The molecule has 0 amide bonds. The van der Waals surface area contributed by atoms with Gasteiger partial charge in [-0.05, 0) is 26.7 Å². The molecule has 0 aliphatic heterocycles. The van der Waals surface area contributed by atoms with Crippen molar-refractivity contribution < 1.29 is 4.52 Å². The van der Waals surface area contributed by atoms with Crippen molar-refractivity contribution in [2.24, 2.45) is 0 Å². The van der Waals surface area contributed by atoms with Crippen LogP contribution in [0.4, 0.5) is 0 Å². The third-order valence-corrected chi connectivity index (χ3v) is 3.22. The quantitative estimate of drug-likeness (QED) is 0.851. The van der Waals surface area contributed by atoms with Crippen LogP contribution in [0.5, 0.6) is 0 Å². The largest absolute Gasteiger partial charge is 0.339 e. The van der Waals surface area contributed by atoms with Gasteiger partial charge in [0.05, 0.1) is 5.54 Å². The first-order valence-corrected chi connectivity index (χ1v) is 6.27. The summed E-state index contributed by atoms with van der Waals surface area (Å²) in [5, 5.41) is 7.77. The van der Waals surface area contributed by atoms with Crippen LogP contribution >= 0.6 is 0 Å². The number of nitrogens with zero attached hydrogens (tertiary/aromatic N) is 2. The number of hydrogen-bond donors (Lipinski definition) is 1. The molecule has 0 bridgehead atoms. The minimum atomic E-state index is -0.0366. The molecule has 0 spiro atoms. The Hall–Kier alpha value is -0.900. The summed E-state index contributed by atoms with van der Waals surface area (Å²) in [7, 11) is 0. The molecule has 4 nitrogen and oxygen atoms in total. The van der Waals surface area contributed by atoms with E-state index in [4.69, 9.17) is 4.52 Å². The summed E-state index contributed by atoms with van der Waals surface area (Å²) in [4.78, 5) is 4.50. The van der Waals surface area contributed by atoms with Crippen LogP contribution in [0.2, 0.25) is 0 Å². The van der Waals surface area contributed by atoms with E-state index >= 15 is 0 Å². The Morgan fingerprint density at radius 2 is 2.06 bits per heavy atom. The van der Waals surface area contributed by atoms with E-state index in [9.17, 15) is 0 Å². The molecule has 0 saturated heterocycles. The van der Waals surface area contributed by atoms with Crippen molar-refractivity contribution in [3.8, 4) is 0 Å². The van der Waals surface area contributed by atoms with E-state index < -0.39 is 0 Å². The molecule has 1 N–H and O–H groups in total. The first kappa shape index (κ1) is 11.6. The smallest absolute Gasteiger partial charge is 0.226 e. The molecule has 90 valence electrons. The highest BCUT2D eigenvalue weighted by atomic mass is 16.5. The SMILES string of the molecule is CCc1nc(C2(NC(C)C)CCCC2)no1. The van der Waals surface area contributed by atoms with Crippen LogP contribution in [-0.2, 0) is 12.0 Å². The number of rotatable bonds is 4. The Labute approximate surface area is 96.8 Å². The van der Waals surface area contributed by atoms with Gasteiger partial charge in [-0.25, -0.2) is 0 Å². The van der Waals surface area contributed by atoms with Crippen molar-refractivity contribution in [1.29, 1.82) is 0 Å². The highest BCUT2D eigenvalue weighted by Gasteiger charge is 2.40. The number of aromatic nitrogens is 2. The van der Waals surface area contributed by atoms with E-state index in [1.165, 1.54) is 12.8 Å². The van der Waals surface area contributed by atoms with Crippen molar-refractivity contribution in [2.45, 2.75) is 64.5 Å². The fraction of sp³-hybridized carbons (Fsp3) is 0.833. The zero-order chi connectivity index (χ0) is 11.6. The Balaban J connectivity index is 2.24. The predicted octanol–water partition coefficient (Wildman–Crippen LogP) is 2.40. The van der Waals surface area contributed by atoms with Crippen molar-refractivity contribution in [1.82, 2.24) is 15.5 Å². The van der Waals surface area contributed by atoms with Crippen molar-refractivity contribution in [2.75, 3.05) is 0 Å². The lowest BCUT2D eigenvalue weighted by Gasteiger charge is -2.29. The van der Waals surface area contributed by atoms with Gasteiger partial charge in [0.15, 0.2) is 5.82 Å². The van der Waals surface area contributed by atoms with Crippen LogP contribution in [0.25, 0.3) is 0 Å². The van der Waals surface area contributed by atoms with Crippen molar-refractivity contribution in [3.05, 3.63) is 11.7 Å². The standard InChI is InChI=1S/C12H21N3O/c1-4-10-13-11(15-16-10)12(14-9(2)3)7-5-6-8-12/h9,14H,4-8H2,1-3H3. The van der Waals surface area contributed by atoms with E-state index in [-0.39, 0.29) is 5.54 Å². The van der Waals surface area contributed by atoms with E-state index in [1.54, 1.807) is 0 Å². The summed E-state index contributed by atoms with van der Waals surface area (Å²) in [6.45, 7) is 6.37. The molecular weight excluding hydrogens is 202 g/mol. The van der Waals surface area contributed by atoms with Crippen LogP contribution in [0.3, 0.4) is 0 Å². The summed E-state index contributed by atoms with van der Waals surface area (Å²) >= 11 is 0. The zero-order valence-electron chi connectivity index (χ0n) is 10.4. The summed E-state index contributed by atoms with van der Waals surface area (Å²) < 4.78 is 5.23. The Morgan fingerprint density at radius 1 is 1.38 bits per heavy atom. The maximum atomic E-state index is 5.23. The van der Waals surface area contributed by atoms with Crippen LogP contribution < -0.4 is 5.32 Å². The molecule has 1 aromatic rings. The molecule has 1 aliphatic carbocycles.